The van der Waals surface area contributed by atoms with Crippen LogP contribution in [0.3, 0.4) is 0 Å². The molecule has 2 aromatic carbocycles. The quantitative estimate of drug-likeness (QED) is 0.291. The SMILES string of the molecule is CCN1CCc2c(cccc2N=C(NC#N)N2CCN(C(=O)Nc3cccc(F)c3)CC2C(C)C)C1. The molecule has 0 aliphatic carbocycles. The number of carbonyl (C=O) groups excluding carboxylic acids is 1. The number of piperazine rings is 1. The van der Waals surface area contributed by atoms with Gasteiger partial charge >= 0.3 is 6.03 Å². The summed E-state index contributed by atoms with van der Waals surface area (Å²) in [7, 11) is 0. The summed E-state index contributed by atoms with van der Waals surface area (Å²) in [4.78, 5) is 24.1. The molecule has 2 aromatic rings. The van der Waals surface area contributed by atoms with Gasteiger partial charge in [-0.3, -0.25) is 10.2 Å². The van der Waals surface area contributed by atoms with Crippen LogP contribution in [0.5, 0.6) is 0 Å². The zero-order chi connectivity index (χ0) is 25.7. The van der Waals surface area contributed by atoms with Crippen molar-refractivity contribution in [2.75, 3.05) is 38.0 Å². The van der Waals surface area contributed by atoms with Gasteiger partial charge in [-0.25, -0.2) is 14.2 Å². The van der Waals surface area contributed by atoms with Crippen molar-refractivity contribution in [2.24, 2.45) is 10.9 Å². The molecule has 8 nitrogen and oxygen atoms in total. The van der Waals surface area contributed by atoms with Gasteiger partial charge in [0.2, 0.25) is 5.96 Å². The molecule has 1 atom stereocenters. The number of hydrogen-bond acceptors (Lipinski definition) is 4. The highest BCUT2D eigenvalue weighted by Crippen LogP contribution is 2.29. The van der Waals surface area contributed by atoms with E-state index in [2.05, 4.69) is 53.5 Å². The van der Waals surface area contributed by atoms with Crippen LogP contribution in [0, 0.1) is 23.2 Å². The summed E-state index contributed by atoms with van der Waals surface area (Å²) in [5.74, 6) is 0.308. The predicted octanol–water partition coefficient (Wildman–Crippen LogP) is 4.14. The van der Waals surface area contributed by atoms with Gasteiger partial charge in [0.05, 0.1) is 11.7 Å². The molecule has 2 amide bonds. The fourth-order valence-electron chi connectivity index (χ4n) is 4.95. The van der Waals surface area contributed by atoms with E-state index in [9.17, 15) is 14.4 Å². The average Bonchev–Trinajstić information content (AvgIpc) is 2.87. The lowest BCUT2D eigenvalue weighted by Gasteiger charge is -2.44. The third kappa shape index (κ3) is 5.77. The van der Waals surface area contributed by atoms with E-state index in [1.54, 1.807) is 17.0 Å². The maximum atomic E-state index is 13.5. The minimum Gasteiger partial charge on any atom is -0.335 e. The molecule has 0 radical (unpaired) electrons. The molecule has 1 saturated heterocycles. The largest absolute Gasteiger partial charge is 0.335 e. The van der Waals surface area contributed by atoms with Gasteiger partial charge in [0.25, 0.3) is 0 Å². The Balaban J connectivity index is 1.55. The van der Waals surface area contributed by atoms with Crippen LogP contribution in [0.25, 0.3) is 0 Å². The van der Waals surface area contributed by atoms with E-state index in [0.29, 0.717) is 31.3 Å². The van der Waals surface area contributed by atoms with Crippen LogP contribution in [0.4, 0.5) is 20.6 Å². The lowest BCUT2D eigenvalue weighted by Crippen LogP contribution is -2.60. The van der Waals surface area contributed by atoms with Crippen molar-refractivity contribution in [2.45, 2.75) is 39.8 Å². The number of nitrogens with one attached hydrogen (secondary N) is 2. The molecule has 2 aliphatic heterocycles. The van der Waals surface area contributed by atoms with E-state index in [1.165, 1.54) is 23.3 Å². The van der Waals surface area contributed by atoms with Crippen molar-refractivity contribution in [3.63, 3.8) is 0 Å². The van der Waals surface area contributed by atoms with Crippen molar-refractivity contribution >= 4 is 23.4 Å². The van der Waals surface area contributed by atoms with E-state index in [0.717, 1.165) is 31.7 Å². The van der Waals surface area contributed by atoms with Gasteiger partial charge in [0.1, 0.15) is 5.82 Å². The first kappa shape index (κ1) is 25.5. The zero-order valence-corrected chi connectivity index (χ0v) is 21.2. The molecule has 2 aliphatic rings. The minimum atomic E-state index is -0.397. The van der Waals surface area contributed by atoms with Gasteiger partial charge in [-0.1, -0.05) is 39.0 Å². The minimum absolute atomic E-state index is 0.0493. The first-order valence-corrected chi connectivity index (χ1v) is 12.5. The van der Waals surface area contributed by atoms with E-state index in [-0.39, 0.29) is 18.0 Å². The normalized spacial score (nSPS) is 18.6. The Kier molecular flexibility index (Phi) is 8.06. The molecule has 0 spiro atoms. The van der Waals surface area contributed by atoms with Crippen LogP contribution >= 0.6 is 0 Å². The number of anilines is 1. The fraction of sp³-hybridized carbons (Fsp3) is 0.444. The molecule has 9 heteroatoms. The van der Waals surface area contributed by atoms with Crippen LogP contribution in [-0.2, 0) is 13.0 Å². The number of rotatable bonds is 4. The van der Waals surface area contributed by atoms with Gasteiger partial charge in [-0.15, -0.1) is 0 Å². The molecule has 36 heavy (non-hydrogen) atoms. The molecule has 4 rings (SSSR count). The fourth-order valence-corrected chi connectivity index (χ4v) is 4.95. The third-order valence-electron chi connectivity index (χ3n) is 6.98. The lowest BCUT2D eigenvalue weighted by molar-refractivity contribution is 0.118. The molecule has 0 saturated carbocycles. The number of carbonyl (C=O) groups is 1. The summed E-state index contributed by atoms with van der Waals surface area (Å²) in [5.41, 5.74) is 3.82. The zero-order valence-electron chi connectivity index (χ0n) is 21.2. The molecule has 2 N–H and O–H groups in total. The number of amides is 2. The van der Waals surface area contributed by atoms with Crippen LogP contribution in [0.2, 0.25) is 0 Å². The molecular formula is C27H34FN7O. The first-order chi connectivity index (χ1) is 17.4. The van der Waals surface area contributed by atoms with Crippen molar-refractivity contribution in [1.29, 1.82) is 5.26 Å². The molecule has 2 heterocycles. The Labute approximate surface area is 212 Å². The van der Waals surface area contributed by atoms with Gasteiger partial charge < -0.3 is 15.1 Å². The van der Waals surface area contributed by atoms with Crippen molar-refractivity contribution in [1.82, 2.24) is 20.0 Å². The highest BCUT2D eigenvalue weighted by atomic mass is 19.1. The topological polar surface area (TPSA) is 87.0 Å². The summed E-state index contributed by atoms with van der Waals surface area (Å²) >= 11 is 0. The highest BCUT2D eigenvalue weighted by Gasteiger charge is 2.34. The van der Waals surface area contributed by atoms with E-state index in [1.807, 2.05) is 12.1 Å². The standard InChI is InChI=1S/C27H34FN7O/c1-4-33-12-11-23-20(16-33)7-5-10-24(23)32-26(30-18-29)35-14-13-34(17-25(35)19(2)3)27(36)31-22-9-6-8-21(28)15-22/h5-10,15,19,25H,4,11-14,16-17H2,1-3H3,(H,30,32)(H,31,36). The van der Waals surface area contributed by atoms with Crippen LogP contribution in [-0.4, -0.2) is 65.5 Å². The van der Waals surface area contributed by atoms with Crippen molar-refractivity contribution in [3.05, 3.63) is 59.4 Å². The van der Waals surface area contributed by atoms with Gasteiger partial charge in [-0.2, -0.15) is 5.26 Å². The van der Waals surface area contributed by atoms with E-state index < -0.39 is 5.82 Å². The summed E-state index contributed by atoms with van der Waals surface area (Å²) in [5, 5.41) is 15.1. The molecule has 190 valence electrons. The highest BCUT2D eigenvalue weighted by molar-refractivity contribution is 5.90. The number of benzene rings is 2. The monoisotopic (exact) mass is 491 g/mol. The Morgan fingerprint density at radius 3 is 2.75 bits per heavy atom. The number of nitriles is 1. The lowest BCUT2D eigenvalue weighted by atomic mass is 9.98. The van der Waals surface area contributed by atoms with E-state index in [4.69, 9.17) is 4.99 Å². The number of fused-ring (bicyclic) bond motifs is 1. The second-order valence-electron chi connectivity index (χ2n) is 9.60. The van der Waals surface area contributed by atoms with Crippen molar-refractivity contribution in [3.8, 4) is 6.19 Å². The molecular weight excluding hydrogens is 457 g/mol. The number of urea groups is 1. The Morgan fingerprint density at radius 1 is 1.22 bits per heavy atom. The van der Waals surface area contributed by atoms with E-state index >= 15 is 0 Å². The Morgan fingerprint density at radius 2 is 2.03 bits per heavy atom. The summed E-state index contributed by atoms with van der Waals surface area (Å²) in [6.45, 7) is 10.7. The van der Waals surface area contributed by atoms with Gasteiger partial charge in [0.15, 0.2) is 6.19 Å². The summed E-state index contributed by atoms with van der Waals surface area (Å²) in [6.07, 6.45) is 2.97. The van der Waals surface area contributed by atoms with Crippen molar-refractivity contribution < 1.29 is 9.18 Å². The molecule has 0 bridgehead atoms. The van der Waals surface area contributed by atoms with Crippen LogP contribution < -0.4 is 10.6 Å². The van der Waals surface area contributed by atoms with Gasteiger partial charge in [-0.05, 0) is 54.3 Å². The maximum absolute atomic E-state index is 13.5. The Bertz CT molecular complexity index is 1160. The van der Waals surface area contributed by atoms with Crippen LogP contribution in [0.1, 0.15) is 31.9 Å². The number of aliphatic imine (C=N–C) groups is 1. The molecule has 1 fully saturated rings. The number of halogens is 1. The van der Waals surface area contributed by atoms with Crippen LogP contribution in [0.15, 0.2) is 47.5 Å². The number of hydrogen-bond donors (Lipinski definition) is 2. The number of guanidine groups is 1. The second-order valence-corrected chi connectivity index (χ2v) is 9.60. The summed E-state index contributed by atoms with van der Waals surface area (Å²) < 4.78 is 13.5. The average molecular weight is 492 g/mol. The Hall–Kier alpha value is -3.64. The first-order valence-electron chi connectivity index (χ1n) is 12.5. The summed E-state index contributed by atoms with van der Waals surface area (Å²) in [6, 6.07) is 11.7. The third-order valence-corrected chi connectivity index (χ3v) is 6.98. The molecule has 1 unspecified atom stereocenters. The smallest absolute Gasteiger partial charge is 0.321 e. The maximum Gasteiger partial charge on any atom is 0.321 e. The predicted molar refractivity (Wildman–Crippen MR) is 139 cm³/mol. The second kappa shape index (κ2) is 11.4. The molecule has 0 aromatic heterocycles. The van der Waals surface area contributed by atoms with Gasteiger partial charge in [0, 0.05) is 38.4 Å². The number of nitrogens with zero attached hydrogens (tertiary/aromatic N) is 5. The number of likely N-dealkylation sites (N-methyl/N-ethyl adjacent to an activating group) is 1.